The Hall–Kier alpha value is -1.06. The number of hydrogen-bond acceptors (Lipinski definition) is 2. The molecule has 1 aliphatic rings. The lowest BCUT2D eigenvalue weighted by Crippen LogP contribution is -2.38. The van der Waals surface area contributed by atoms with Gasteiger partial charge in [0, 0.05) is 11.4 Å². The second kappa shape index (κ2) is 5.87. The van der Waals surface area contributed by atoms with Crippen molar-refractivity contribution in [3.05, 3.63) is 34.9 Å². The molecule has 1 aromatic carbocycles. The summed E-state index contributed by atoms with van der Waals surface area (Å²) in [6, 6.07) is 7.72. The molecule has 0 amide bonds. The molecule has 88 valence electrons. The second-order valence-corrected chi connectivity index (χ2v) is 4.42. The third-order valence-electron chi connectivity index (χ3n) is 2.73. The molecule has 1 saturated carbocycles. The molecule has 0 bridgehead atoms. The summed E-state index contributed by atoms with van der Waals surface area (Å²) in [4.78, 5) is 8.36. The predicted molar refractivity (Wildman–Crippen MR) is 62.6 cm³/mol. The Bertz CT molecular complexity index is 331. The molecule has 2 rings (SSSR count). The zero-order valence-corrected chi connectivity index (χ0v) is 9.65. The molecule has 1 aliphatic carbocycles. The summed E-state index contributed by atoms with van der Waals surface area (Å²) in [7, 11) is 0. The van der Waals surface area contributed by atoms with Crippen LogP contribution in [0.4, 0.5) is 0 Å². The highest BCUT2D eigenvalue weighted by Gasteiger charge is 2.34. The maximum absolute atomic E-state index is 9.90. The average Bonchev–Trinajstić information content (AvgIpc) is 2.20. The average molecular weight is 243 g/mol. The molecule has 1 fully saturated rings. The Labute approximate surface area is 99.7 Å². The summed E-state index contributed by atoms with van der Waals surface area (Å²) in [6.45, 7) is -0.250. The molecular formula is C12H15ClO3. The number of benzene rings is 1. The molecule has 0 aromatic heterocycles. The minimum absolute atomic E-state index is 0.250. The van der Waals surface area contributed by atoms with E-state index in [1.54, 1.807) is 0 Å². The van der Waals surface area contributed by atoms with Crippen LogP contribution in [0.5, 0.6) is 0 Å². The molecule has 3 nitrogen and oxygen atoms in total. The number of aliphatic hydroxyl groups is 1. The van der Waals surface area contributed by atoms with Crippen molar-refractivity contribution in [1.82, 2.24) is 0 Å². The Morgan fingerprint density at radius 2 is 1.81 bits per heavy atom. The number of carboxylic acid groups (broad SMARTS) is 1. The van der Waals surface area contributed by atoms with Crippen molar-refractivity contribution < 1.29 is 15.0 Å². The lowest BCUT2D eigenvalue weighted by atomic mass is 9.76. The van der Waals surface area contributed by atoms with Crippen LogP contribution >= 0.6 is 11.6 Å². The Balaban J connectivity index is 0.000000386. The molecule has 0 unspecified atom stereocenters. The molecule has 0 spiro atoms. The van der Waals surface area contributed by atoms with Crippen LogP contribution in [0.3, 0.4) is 0 Å². The number of rotatable bonds is 2. The zero-order chi connectivity index (χ0) is 12.0. The number of halogens is 1. The SMILES string of the molecule is O=CO.OC1(Cc2ccc(Cl)cc2)CCC1. The first-order valence-electron chi connectivity index (χ1n) is 5.14. The third kappa shape index (κ3) is 3.83. The predicted octanol–water partition coefficient (Wildman–Crippen LogP) is 2.50. The van der Waals surface area contributed by atoms with E-state index in [9.17, 15) is 5.11 Å². The monoisotopic (exact) mass is 242 g/mol. The summed E-state index contributed by atoms with van der Waals surface area (Å²) in [5.41, 5.74) is 0.750. The molecule has 16 heavy (non-hydrogen) atoms. The van der Waals surface area contributed by atoms with E-state index in [1.165, 1.54) is 5.56 Å². The fourth-order valence-electron chi connectivity index (χ4n) is 1.74. The van der Waals surface area contributed by atoms with Crippen molar-refractivity contribution in [2.24, 2.45) is 0 Å². The molecule has 0 atom stereocenters. The lowest BCUT2D eigenvalue weighted by molar-refractivity contribution is -0.122. The minimum Gasteiger partial charge on any atom is -0.483 e. The van der Waals surface area contributed by atoms with Crippen LogP contribution in [0.2, 0.25) is 5.02 Å². The van der Waals surface area contributed by atoms with Crippen LogP contribution in [0.25, 0.3) is 0 Å². The first kappa shape index (κ1) is 13.0. The normalized spacial score (nSPS) is 16.6. The van der Waals surface area contributed by atoms with E-state index in [0.29, 0.717) is 0 Å². The number of carbonyl (C=O) groups is 1. The van der Waals surface area contributed by atoms with E-state index in [0.717, 1.165) is 30.7 Å². The Morgan fingerprint density at radius 1 is 1.31 bits per heavy atom. The summed E-state index contributed by atoms with van der Waals surface area (Å²) in [5.74, 6) is 0. The van der Waals surface area contributed by atoms with Gasteiger partial charge in [-0.1, -0.05) is 23.7 Å². The van der Waals surface area contributed by atoms with Gasteiger partial charge in [-0.15, -0.1) is 0 Å². The molecule has 4 heteroatoms. The van der Waals surface area contributed by atoms with E-state index in [4.69, 9.17) is 21.5 Å². The van der Waals surface area contributed by atoms with Crippen molar-refractivity contribution in [2.75, 3.05) is 0 Å². The number of hydrogen-bond donors (Lipinski definition) is 2. The topological polar surface area (TPSA) is 57.5 Å². The third-order valence-corrected chi connectivity index (χ3v) is 2.98. The highest BCUT2D eigenvalue weighted by atomic mass is 35.5. The molecule has 0 radical (unpaired) electrons. The van der Waals surface area contributed by atoms with E-state index in [-0.39, 0.29) is 6.47 Å². The van der Waals surface area contributed by atoms with Gasteiger partial charge >= 0.3 is 0 Å². The maximum Gasteiger partial charge on any atom is 0.290 e. The van der Waals surface area contributed by atoms with Crippen LogP contribution in [0.1, 0.15) is 24.8 Å². The van der Waals surface area contributed by atoms with Gasteiger partial charge in [-0.3, -0.25) is 4.79 Å². The van der Waals surface area contributed by atoms with Crippen molar-refractivity contribution in [3.8, 4) is 0 Å². The molecule has 0 saturated heterocycles. The quantitative estimate of drug-likeness (QED) is 0.784. The highest BCUT2D eigenvalue weighted by Crippen LogP contribution is 2.34. The molecule has 2 N–H and O–H groups in total. The van der Waals surface area contributed by atoms with Crippen molar-refractivity contribution >= 4 is 18.1 Å². The largest absolute Gasteiger partial charge is 0.483 e. The first-order chi connectivity index (χ1) is 7.59. The minimum atomic E-state index is -0.423. The van der Waals surface area contributed by atoms with E-state index in [2.05, 4.69) is 0 Å². The van der Waals surface area contributed by atoms with Crippen LogP contribution in [-0.4, -0.2) is 22.3 Å². The fourth-order valence-corrected chi connectivity index (χ4v) is 1.87. The molecule has 1 aromatic rings. The highest BCUT2D eigenvalue weighted by molar-refractivity contribution is 6.30. The Morgan fingerprint density at radius 3 is 2.19 bits per heavy atom. The van der Waals surface area contributed by atoms with Gasteiger partial charge in [0.2, 0.25) is 0 Å². The second-order valence-electron chi connectivity index (χ2n) is 3.99. The van der Waals surface area contributed by atoms with Crippen molar-refractivity contribution in [2.45, 2.75) is 31.3 Å². The zero-order valence-electron chi connectivity index (χ0n) is 8.90. The standard InChI is InChI=1S/C11H13ClO.CH2O2/c12-10-4-2-9(3-5-10)8-11(13)6-1-7-11;2-1-3/h2-5,13H,1,6-8H2;1H,(H,2,3). The van der Waals surface area contributed by atoms with E-state index >= 15 is 0 Å². The fraction of sp³-hybridized carbons (Fsp3) is 0.417. The van der Waals surface area contributed by atoms with Crippen molar-refractivity contribution in [3.63, 3.8) is 0 Å². The first-order valence-corrected chi connectivity index (χ1v) is 5.52. The summed E-state index contributed by atoms with van der Waals surface area (Å²) in [5, 5.41) is 17.5. The van der Waals surface area contributed by atoms with Gasteiger partial charge in [-0.25, -0.2) is 0 Å². The summed E-state index contributed by atoms with van der Waals surface area (Å²) in [6.07, 6.45) is 3.81. The lowest BCUT2D eigenvalue weighted by Gasteiger charge is -2.36. The summed E-state index contributed by atoms with van der Waals surface area (Å²) < 4.78 is 0. The van der Waals surface area contributed by atoms with E-state index in [1.807, 2.05) is 24.3 Å². The van der Waals surface area contributed by atoms with Crippen LogP contribution in [0, 0.1) is 0 Å². The van der Waals surface area contributed by atoms with Gasteiger partial charge in [0.1, 0.15) is 0 Å². The van der Waals surface area contributed by atoms with Crippen molar-refractivity contribution in [1.29, 1.82) is 0 Å². The van der Waals surface area contributed by atoms with Gasteiger partial charge in [0.15, 0.2) is 0 Å². The molecular weight excluding hydrogens is 228 g/mol. The summed E-state index contributed by atoms with van der Waals surface area (Å²) >= 11 is 5.77. The van der Waals surface area contributed by atoms with Gasteiger partial charge in [0.25, 0.3) is 6.47 Å². The van der Waals surface area contributed by atoms with Gasteiger partial charge in [-0.05, 0) is 37.0 Å². The molecule has 0 heterocycles. The van der Waals surface area contributed by atoms with E-state index < -0.39 is 5.60 Å². The van der Waals surface area contributed by atoms with Gasteiger partial charge in [-0.2, -0.15) is 0 Å². The van der Waals surface area contributed by atoms with Crippen LogP contribution in [0.15, 0.2) is 24.3 Å². The Kier molecular flexibility index (Phi) is 4.77. The molecule has 0 aliphatic heterocycles. The van der Waals surface area contributed by atoms with Crippen LogP contribution in [-0.2, 0) is 11.2 Å². The maximum atomic E-state index is 9.90. The van der Waals surface area contributed by atoms with Gasteiger partial charge < -0.3 is 10.2 Å². The smallest absolute Gasteiger partial charge is 0.290 e. The van der Waals surface area contributed by atoms with Gasteiger partial charge in [0.05, 0.1) is 5.60 Å². The van der Waals surface area contributed by atoms with Crippen LogP contribution < -0.4 is 0 Å².